The number of halogens is 2. The molecular formula is C16H20Cl2N2O. The molecule has 114 valence electrons. The van der Waals surface area contributed by atoms with Crippen LogP contribution in [0.15, 0.2) is 12.1 Å². The number of aromatic nitrogens is 1. The molecule has 2 aliphatic carbocycles. The van der Waals surface area contributed by atoms with Crippen molar-refractivity contribution in [2.24, 2.45) is 16.7 Å². The van der Waals surface area contributed by atoms with Gasteiger partial charge in [0.25, 0.3) is 5.91 Å². The average molecular weight is 327 g/mol. The van der Waals surface area contributed by atoms with Gasteiger partial charge in [0, 0.05) is 6.04 Å². The Hall–Kier alpha value is -0.800. The fourth-order valence-electron chi connectivity index (χ4n) is 4.23. The van der Waals surface area contributed by atoms with Gasteiger partial charge in [-0.05, 0) is 48.1 Å². The van der Waals surface area contributed by atoms with Gasteiger partial charge in [-0.1, -0.05) is 44.0 Å². The number of amides is 1. The Balaban J connectivity index is 1.82. The minimum atomic E-state index is -0.225. The predicted octanol–water partition coefficient (Wildman–Crippen LogP) is 4.33. The zero-order valence-electron chi connectivity index (χ0n) is 12.5. The maximum atomic E-state index is 12.5. The summed E-state index contributed by atoms with van der Waals surface area (Å²) in [7, 11) is 0. The van der Waals surface area contributed by atoms with Gasteiger partial charge in [-0.3, -0.25) is 4.79 Å². The van der Waals surface area contributed by atoms with Crippen LogP contribution in [0, 0.1) is 16.7 Å². The summed E-state index contributed by atoms with van der Waals surface area (Å²) < 4.78 is 0. The molecule has 21 heavy (non-hydrogen) atoms. The summed E-state index contributed by atoms with van der Waals surface area (Å²) in [6, 6.07) is 3.37. The summed E-state index contributed by atoms with van der Waals surface area (Å²) in [6.45, 7) is 6.93. The van der Waals surface area contributed by atoms with Crippen molar-refractivity contribution in [3.63, 3.8) is 0 Å². The predicted molar refractivity (Wildman–Crippen MR) is 84.7 cm³/mol. The second-order valence-electron chi connectivity index (χ2n) is 7.10. The lowest BCUT2D eigenvalue weighted by molar-refractivity contribution is 0.0821. The van der Waals surface area contributed by atoms with Crippen molar-refractivity contribution >= 4 is 29.1 Å². The lowest BCUT2D eigenvalue weighted by atomic mass is 9.69. The van der Waals surface area contributed by atoms with Crippen molar-refractivity contribution in [1.82, 2.24) is 10.3 Å². The van der Waals surface area contributed by atoms with Crippen LogP contribution in [-0.4, -0.2) is 16.9 Å². The van der Waals surface area contributed by atoms with Crippen LogP contribution in [0.5, 0.6) is 0 Å². The van der Waals surface area contributed by atoms with Crippen LogP contribution < -0.4 is 5.32 Å². The molecule has 1 N–H and O–H groups in total. The number of nitrogens with zero attached hydrogens (tertiary/aromatic N) is 1. The zero-order chi connectivity index (χ0) is 15.4. The van der Waals surface area contributed by atoms with E-state index in [-0.39, 0.29) is 33.6 Å². The highest BCUT2D eigenvalue weighted by Gasteiger charge is 2.61. The molecule has 2 saturated carbocycles. The Labute approximate surface area is 135 Å². The first-order valence-corrected chi connectivity index (χ1v) is 8.14. The van der Waals surface area contributed by atoms with Gasteiger partial charge < -0.3 is 5.32 Å². The van der Waals surface area contributed by atoms with Gasteiger partial charge in [-0.15, -0.1) is 0 Å². The summed E-state index contributed by atoms with van der Waals surface area (Å²) >= 11 is 11.9. The lowest BCUT2D eigenvalue weighted by Gasteiger charge is -2.39. The first kappa shape index (κ1) is 15.1. The van der Waals surface area contributed by atoms with Gasteiger partial charge in [0.1, 0.15) is 10.8 Å². The van der Waals surface area contributed by atoms with E-state index in [4.69, 9.17) is 23.2 Å². The topological polar surface area (TPSA) is 42.0 Å². The van der Waals surface area contributed by atoms with Gasteiger partial charge in [-0.25, -0.2) is 4.98 Å². The largest absolute Gasteiger partial charge is 0.347 e. The number of nitrogens with one attached hydrogen (secondary N) is 1. The van der Waals surface area contributed by atoms with Crippen molar-refractivity contribution in [2.45, 2.75) is 46.1 Å². The summed E-state index contributed by atoms with van der Waals surface area (Å²) in [5.74, 6) is 0.452. The van der Waals surface area contributed by atoms with Crippen LogP contribution in [0.2, 0.25) is 10.2 Å². The standard InChI is InChI=1S/C16H20Cl2N2O/c1-15(2)9-6-7-16(15,3)11(8-9)19-14(21)13-10(17)4-5-12(18)20-13/h4-5,9,11H,6-8H2,1-3H3,(H,19,21). The normalized spacial score (nSPS) is 33.2. The Kier molecular flexibility index (Phi) is 3.49. The number of hydrogen-bond donors (Lipinski definition) is 1. The smallest absolute Gasteiger partial charge is 0.271 e. The van der Waals surface area contributed by atoms with Gasteiger partial charge in [-0.2, -0.15) is 0 Å². The van der Waals surface area contributed by atoms with Crippen molar-refractivity contribution in [2.75, 3.05) is 0 Å². The molecule has 3 rings (SSSR count). The molecule has 0 radical (unpaired) electrons. The fraction of sp³-hybridized carbons (Fsp3) is 0.625. The molecule has 2 fully saturated rings. The van der Waals surface area contributed by atoms with Crippen LogP contribution in [0.25, 0.3) is 0 Å². The highest BCUT2D eigenvalue weighted by atomic mass is 35.5. The van der Waals surface area contributed by atoms with Gasteiger partial charge in [0.05, 0.1) is 5.02 Å². The van der Waals surface area contributed by atoms with E-state index in [0.717, 1.165) is 12.8 Å². The van der Waals surface area contributed by atoms with Crippen LogP contribution in [0.1, 0.15) is 50.5 Å². The summed E-state index contributed by atoms with van der Waals surface area (Å²) in [5, 5.41) is 3.77. The highest BCUT2D eigenvalue weighted by Crippen LogP contribution is 2.65. The van der Waals surface area contributed by atoms with Crippen molar-refractivity contribution in [3.8, 4) is 0 Å². The van der Waals surface area contributed by atoms with Gasteiger partial charge >= 0.3 is 0 Å². The molecule has 0 spiro atoms. The lowest BCUT2D eigenvalue weighted by Crippen LogP contribution is -2.47. The van der Waals surface area contributed by atoms with Gasteiger partial charge in [0.15, 0.2) is 0 Å². The number of hydrogen-bond acceptors (Lipinski definition) is 2. The average Bonchev–Trinajstić information content (AvgIpc) is 2.74. The summed E-state index contributed by atoms with van der Waals surface area (Å²) in [5.41, 5.74) is 0.614. The first-order valence-electron chi connectivity index (χ1n) is 7.38. The summed E-state index contributed by atoms with van der Waals surface area (Å²) in [4.78, 5) is 16.5. The van der Waals surface area contributed by atoms with E-state index in [9.17, 15) is 4.79 Å². The molecule has 5 heteroatoms. The molecule has 3 unspecified atom stereocenters. The SMILES string of the molecule is CC1(C)C2CCC1(C)C(NC(=O)c1nc(Cl)ccc1Cl)C2. The van der Waals surface area contributed by atoms with Crippen molar-refractivity contribution < 1.29 is 4.79 Å². The molecule has 3 nitrogen and oxygen atoms in total. The van der Waals surface area contributed by atoms with Gasteiger partial charge in [0.2, 0.25) is 0 Å². The molecule has 0 aliphatic heterocycles. The van der Waals surface area contributed by atoms with Crippen LogP contribution in [-0.2, 0) is 0 Å². The van der Waals surface area contributed by atoms with E-state index in [1.165, 1.54) is 6.42 Å². The summed E-state index contributed by atoms with van der Waals surface area (Å²) in [6.07, 6.45) is 3.45. The molecule has 0 aromatic carbocycles. The minimum absolute atomic E-state index is 0.137. The number of fused-ring (bicyclic) bond motifs is 2. The number of carbonyl (C=O) groups is 1. The zero-order valence-corrected chi connectivity index (χ0v) is 14.1. The molecule has 2 aliphatic rings. The maximum Gasteiger partial charge on any atom is 0.271 e. The van der Waals surface area contributed by atoms with E-state index in [1.807, 2.05) is 0 Å². The number of pyridine rings is 1. The maximum absolute atomic E-state index is 12.5. The number of carbonyl (C=O) groups excluding carboxylic acids is 1. The second kappa shape index (κ2) is 4.85. The Morgan fingerprint density at radius 1 is 1.33 bits per heavy atom. The van der Waals surface area contributed by atoms with Crippen molar-refractivity contribution in [3.05, 3.63) is 28.0 Å². The van der Waals surface area contributed by atoms with Crippen LogP contribution in [0.3, 0.4) is 0 Å². The van der Waals surface area contributed by atoms with E-state index >= 15 is 0 Å². The molecule has 1 aromatic heterocycles. The fourth-order valence-corrected chi connectivity index (χ4v) is 4.56. The molecule has 2 bridgehead atoms. The molecule has 0 saturated heterocycles. The minimum Gasteiger partial charge on any atom is -0.347 e. The van der Waals surface area contributed by atoms with E-state index in [0.29, 0.717) is 10.9 Å². The third kappa shape index (κ3) is 2.17. The van der Waals surface area contributed by atoms with E-state index < -0.39 is 0 Å². The molecule has 3 atom stereocenters. The van der Waals surface area contributed by atoms with Crippen LogP contribution >= 0.6 is 23.2 Å². The second-order valence-corrected chi connectivity index (χ2v) is 7.90. The Morgan fingerprint density at radius 3 is 2.62 bits per heavy atom. The van der Waals surface area contributed by atoms with Crippen molar-refractivity contribution in [1.29, 1.82) is 0 Å². The third-order valence-electron chi connectivity index (χ3n) is 6.13. The van der Waals surface area contributed by atoms with E-state index in [1.54, 1.807) is 12.1 Å². The molecular weight excluding hydrogens is 307 g/mol. The van der Waals surface area contributed by atoms with Crippen LogP contribution in [0.4, 0.5) is 0 Å². The highest BCUT2D eigenvalue weighted by molar-refractivity contribution is 6.34. The first-order chi connectivity index (χ1) is 9.75. The molecule has 1 aromatic rings. The Bertz CT molecular complexity index is 602. The quantitative estimate of drug-likeness (QED) is 0.822. The molecule has 1 amide bonds. The third-order valence-corrected chi connectivity index (χ3v) is 6.64. The number of rotatable bonds is 2. The molecule has 1 heterocycles. The monoisotopic (exact) mass is 326 g/mol. The van der Waals surface area contributed by atoms with E-state index in [2.05, 4.69) is 31.1 Å². The Morgan fingerprint density at radius 2 is 2.05 bits per heavy atom.